The van der Waals surface area contributed by atoms with E-state index in [0.717, 1.165) is 42.1 Å². The Kier molecular flexibility index (Phi) is 4.85. The van der Waals surface area contributed by atoms with Crippen LogP contribution in [0.4, 0.5) is 11.4 Å². The second-order valence-electron chi connectivity index (χ2n) is 8.79. The average Bonchev–Trinajstić information content (AvgIpc) is 3.22. The van der Waals surface area contributed by atoms with Crippen LogP contribution in [0.2, 0.25) is 0 Å². The standard InChI is InChI=1S/C24H27N3O4/c1-24(2)23(29)25-17-6-3-4-7-19(17)27(24)22(28)15-26-11-5-8-18(26)16-9-10-20-21(14-16)31-13-12-30-20/h3-4,6-7,9-10,14,18H,5,8,11-13,15H2,1-2H3,(H,25,29). The molecule has 1 atom stereocenters. The zero-order chi connectivity index (χ0) is 21.6. The Bertz CT molecular complexity index is 1040. The van der Waals surface area contributed by atoms with Crippen molar-refractivity contribution >= 4 is 23.2 Å². The molecule has 7 heteroatoms. The van der Waals surface area contributed by atoms with E-state index in [1.165, 1.54) is 0 Å². The summed E-state index contributed by atoms with van der Waals surface area (Å²) < 4.78 is 11.4. The fraction of sp³-hybridized carbons (Fsp3) is 0.417. The molecule has 2 amide bonds. The summed E-state index contributed by atoms with van der Waals surface area (Å²) in [6, 6.07) is 13.7. The number of rotatable bonds is 3. The van der Waals surface area contributed by atoms with Crippen molar-refractivity contribution < 1.29 is 19.1 Å². The number of hydrogen-bond acceptors (Lipinski definition) is 5. The molecular weight excluding hydrogens is 394 g/mol. The summed E-state index contributed by atoms with van der Waals surface area (Å²) in [6.07, 6.45) is 2.00. The van der Waals surface area contributed by atoms with Gasteiger partial charge in [0, 0.05) is 6.04 Å². The van der Waals surface area contributed by atoms with E-state index in [9.17, 15) is 9.59 Å². The number of carbonyl (C=O) groups is 2. The van der Waals surface area contributed by atoms with Gasteiger partial charge in [-0.05, 0) is 63.1 Å². The molecule has 2 aromatic carbocycles. The van der Waals surface area contributed by atoms with Crippen molar-refractivity contribution in [1.82, 2.24) is 4.90 Å². The number of amides is 2. The predicted octanol–water partition coefficient (Wildman–Crippen LogP) is 3.36. The van der Waals surface area contributed by atoms with Gasteiger partial charge in [0.25, 0.3) is 0 Å². The molecule has 2 aromatic rings. The van der Waals surface area contributed by atoms with Gasteiger partial charge in [-0.3, -0.25) is 19.4 Å². The maximum atomic E-state index is 13.5. The van der Waals surface area contributed by atoms with Crippen LogP contribution in [0.25, 0.3) is 0 Å². The van der Waals surface area contributed by atoms with Crippen molar-refractivity contribution in [1.29, 1.82) is 0 Å². The normalized spacial score (nSPS) is 22.1. The number of carbonyl (C=O) groups excluding carboxylic acids is 2. The number of hydrogen-bond donors (Lipinski definition) is 1. The van der Waals surface area contributed by atoms with Crippen molar-refractivity contribution in [2.75, 3.05) is 36.5 Å². The molecule has 0 aromatic heterocycles. The maximum Gasteiger partial charge on any atom is 0.250 e. The first-order chi connectivity index (χ1) is 14.9. The Morgan fingerprint density at radius 2 is 1.90 bits per heavy atom. The lowest BCUT2D eigenvalue weighted by molar-refractivity contribution is -0.127. The molecule has 0 saturated carbocycles. The van der Waals surface area contributed by atoms with Crippen molar-refractivity contribution in [3.05, 3.63) is 48.0 Å². The van der Waals surface area contributed by atoms with E-state index < -0.39 is 5.54 Å². The minimum absolute atomic E-state index is 0.0725. The Balaban J connectivity index is 1.40. The van der Waals surface area contributed by atoms with Crippen LogP contribution in [-0.2, 0) is 9.59 Å². The number of likely N-dealkylation sites (tertiary alicyclic amines) is 1. The molecular formula is C24H27N3O4. The molecule has 1 fully saturated rings. The van der Waals surface area contributed by atoms with Gasteiger partial charge >= 0.3 is 0 Å². The lowest BCUT2D eigenvalue weighted by Crippen LogP contribution is -2.60. The molecule has 1 unspecified atom stereocenters. The molecule has 0 bridgehead atoms. The van der Waals surface area contributed by atoms with Crippen LogP contribution >= 0.6 is 0 Å². The monoisotopic (exact) mass is 421 g/mol. The summed E-state index contributed by atoms with van der Waals surface area (Å²) in [7, 11) is 0. The fourth-order valence-electron chi connectivity index (χ4n) is 4.80. The van der Waals surface area contributed by atoms with Crippen LogP contribution < -0.4 is 19.7 Å². The topological polar surface area (TPSA) is 71.1 Å². The Hall–Kier alpha value is -3.06. The lowest BCUT2D eigenvalue weighted by Gasteiger charge is -2.43. The van der Waals surface area contributed by atoms with Crippen LogP contribution in [-0.4, -0.2) is 48.6 Å². The first-order valence-corrected chi connectivity index (χ1v) is 10.8. The van der Waals surface area contributed by atoms with E-state index in [1.54, 1.807) is 18.7 Å². The highest BCUT2D eigenvalue weighted by Crippen LogP contribution is 2.40. The Morgan fingerprint density at radius 3 is 2.74 bits per heavy atom. The highest BCUT2D eigenvalue weighted by Gasteiger charge is 2.44. The summed E-state index contributed by atoms with van der Waals surface area (Å²) in [6.45, 7) is 5.79. The van der Waals surface area contributed by atoms with E-state index in [1.807, 2.05) is 36.4 Å². The fourth-order valence-corrected chi connectivity index (χ4v) is 4.80. The summed E-state index contributed by atoms with van der Waals surface area (Å²) in [5.74, 6) is 1.29. The summed E-state index contributed by atoms with van der Waals surface area (Å²) in [5.41, 5.74) is 1.58. The SMILES string of the molecule is CC1(C)C(=O)Nc2ccccc2N1C(=O)CN1CCCC1c1ccc2c(c1)OCCO2. The summed E-state index contributed by atoms with van der Waals surface area (Å²) in [5, 5.41) is 2.92. The highest BCUT2D eigenvalue weighted by molar-refractivity contribution is 6.14. The van der Waals surface area contributed by atoms with E-state index >= 15 is 0 Å². The van der Waals surface area contributed by atoms with Gasteiger partial charge in [0.05, 0.1) is 17.9 Å². The van der Waals surface area contributed by atoms with Gasteiger partial charge in [0.2, 0.25) is 11.8 Å². The first-order valence-electron chi connectivity index (χ1n) is 10.8. The molecule has 3 heterocycles. The number of ether oxygens (including phenoxy) is 2. The minimum atomic E-state index is -0.961. The van der Waals surface area contributed by atoms with Crippen molar-refractivity contribution in [3.63, 3.8) is 0 Å². The van der Waals surface area contributed by atoms with E-state index in [0.29, 0.717) is 18.9 Å². The Labute approximate surface area is 181 Å². The molecule has 0 radical (unpaired) electrons. The summed E-state index contributed by atoms with van der Waals surface area (Å²) >= 11 is 0. The molecule has 3 aliphatic rings. The van der Waals surface area contributed by atoms with Crippen molar-refractivity contribution in [2.45, 2.75) is 38.3 Å². The van der Waals surface area contributed by atoms with Gasteiger partial charge in [-0.1, -0.05) is 18.2 Å². The third kappa shape index (κ3) is 3.43. The molecule has 0 spiro atoms. The molecule has 7 nitrogen and oxygen atoms in total. The third-order valence-corrected chi connectivity index (χ3v) is 6.41. The number of anilines is 2. The van der Waals surface area contributed by atoms with Gasteiger partial charge in [-0.15, -0.1) is 0 Å². The third-order valence-electron chi connectivity index (χ3n) is 6.41. The number of benzene rings is 2. The molecule has 5 rings (SSSR count). The Morgan fingerprint density at radius 1 is 1.13 bits per heavy atom. The second-order valence-corrected chi connectivity index (χ2v) is 8.79. The van der Waals surface area contributed by atoms with E-state index in [-0.39, 0.29) is 24.4 Å². The number of nitrogens with zero attached hydrogens (tertiary/aromatic N) is 2. The van der Waals surface area contributed by atoms with Crippen LogP contribution in [0.5, 0.6) is 11.5 Å². The molecule has 0 aliphatic carbocycles. The van der Waals surface area contributed by atoms with Gasteiger partial charge < -0.3 is 14.8 Å². The predicted molar refractivity (Wildman–Crippen MR) is 118 cm³/mol. The zero-order valence-electron chi connectivity index (χ0n) is 17.9. The maximum absolute atomic E-state index is 13.5. The molecule has 31 heavy (non-hydrogen) atoms. The van der Waals surface area contributed by atoms with Crippen molar-refractivity contribution in [3.8, 4) is 11.5 Å². The zero-order valence-corrected chi connectivity index (χ0v) is 17.9. The molecule has 1 N–H and O–H groups in total. The largest absolute Gasteiger partial charge is 0.486 e. The van der Waals surface area contributed by atoms with Crippen LogP contribution in [0.3, 0.4) is 0 Å². The van der Waals surface area contributed by atoms with Crippen LogP contribution in [0.1, 0.15) is 38.3 Å². The number of nitrogens with one attached hydrogen (secondary N) is 1. The van der Waals surface area contributed by atoms with Gasteiger partial charge in [0.15, 0.2) is 11.5 Å². The first kappa shape index (κ1) is 19.9. The van der Waals surface area contributed by atoms with Crippen LogP contribution in [0.15, 0.2) is 42.5 Å². The second kappa shape index (κ2) is 7.57. The molecule has 3 aliphatic heterocycles. The quantitative estimate of drug-likeness (QED) is 0.823. The van der Waals surface area contributed by atoms with Crippen LogP contribution in [0, 0.1) is 0 Å². The highest BCUT2D eigenvalue weighted by atomic mass is 16.6. The smallest absolute Gasteiger partial charge is 0.250 e. The molecule has 1 saturated heterocycles. The van der Waals surface area contributed by atoms with Gasteiger partial charge in [-0.25, -0.2) is 0 Å². The number of para-hydroxylation sites is 2. The summed E-state index contributed by atoms with van der Waals surface area (Å²) in [4.78, 5) is 30.1. The minimum Gasteiger partial charge on any atom is -0.486 e. The van der Waals surface area contributed by atoms with Gasteiger partial charge in [-0.2, -0.15) is 0 Å². The van der Waals surface area contributed by atoms with E-state index in [4.69, 9.17) is 9.47 Å². The van der Waals surface area contributed by atoms with E-state index in [2.05, 4.69) is 16.3 Å². The van der Waals surface area contributed by atoms with Gasteiger partial charge in [0.1, 0.15) is 18.8 Å². The molecule has 162 valence electrons. The van der Waals surface area contributed by atoms with Crippen molar-refractivity contribution in [2.24, 2.45) is 0 Å². The average molecular weight is 421 g/mol. The lowest BCUT2D eigenvalue weighted by atomic mass is 9.96. The number of fused-ring (bicyclic) bond motifs is 2.